The summed E-state index contributed by atoms with van der Waals surface area (Å²) in [6.07, 6.45) is 0.726. The van der Waals surface area contributed by atoms with Crippen LogP contribution in [0.3, 0.4) is 0 Å². The molecule has 15 heavy (non-hydrogen) atoms. The molecular weight excluding hydrogens is 193 g/mol. The molecule has 0 bridgehead atoms. The van der Waals surface area contributed by atoms with Gasteiger partial charge in [-0.3, -0.25) is 0 Å². The van der Waals surface area contributed by atoms with Crippen LogP contribution < -0.4 is 4.74 Å². The van der Waals surface area contributed by atoms with E-state index in [0.29, 0.717) is 5.88 Å². The van der Waals surface area contributed by atoms with Gasteiger partial charge in [-0.1, -0.05) is 20.8 Å². The Hall–Kier alpha value is -1.12. The Morgan fingerprint density at radius 3 is 2.67 bits per heavy atom. The maximum atomic E-state index is 12.6. The zero-order valence-corrected chi connectivity index (χ0v) is 9.75. The van der Waals surface area contributed by atoms with Crippen molar-refractivity contribution in [2.24, 2.45) is 0 Å². The smallest absolute Gasteiger partial charge is 0.213 e. The highest BCUT2D eigenvalue weighted by atomic mass is 19.1. The molecule has 1 atom stereocenters. The molecular formula is C12H18FNO. The lowest BCUT2D eigenvalue weighted by molar-refractivity contribution is 0.203. The first-order chi connectivity index (χ1) is 6.89. The number of aromatic nitrogens is 1. The number of pyridine rings is 1. The molecule has 1 aromatic heterocycles. The number of ether oxygens (including phenoxy) is 1. The first kappa shape index (κ1) is 12.0. The van der Waals surface area contributed by atoms with Crippen LogP contribution in [0.2, 0.25) is 0 Å². The molecule has 1 unspecified atom stereocenters. The van der Waals surface area contributed by atoms with Gasteiger partial charge in [0.2, 0.25) is 5.88 Å². The van der Waals surface area contributed by atoms with Crippen molar-refractivity contribution in [2.75, 3.05) is 6.61 Å². The molecule has 1 heterocycles. The van der Waals surface area contributed by atoms with Crippen molar-refractivity contribution >= 4 is 0 Å². The minimum Gasteiger partial charge on any atom is -0.475 e. The Balaban J connectivity index is 2.75. The van der Waals surface area contributed by atoms with E-state index in [-0.39, 0.29) is 12.0 Å². The van der Waals surface area contributed by atoms with Gasteiger partial charge in [0, 0.05) is 12.3 Å². The summed E-state index contributed by atoms with van der Waals surface area (Å²) in [5, 5.41) is 0. The molecule has 84 valence electrons. The molecule has 0 aromatic carbocycles. The lowest BCUT2D eigenvalue weighted by atomic mass is 9.88. The van der Waals surface area contributed by atoms with Gasteiger partial charge in [-0.25, -0.2) is 9.37 Å². The summed E-state index contributed by atoms with van der Waals surface area (Å²) in [5.41, 5.74) is 1.20. The third-order valence-corrected chi connectivity index (χ3v) is 2.06. The fourth-order valence-corrected chi connectivity index (χ4v) is 1.16. The second-order valence-electron chi connectivity index (χ2n) is 4.72. The number of nitrogens with zero attached hydrogens (tertiary/aromatic N) is 1. The van der Waals surface area contributed by atoms with Crippen LogP contribution in [0.4, 0.5) is 4.39 Å². The predicted molar refractivity (Wildman–Crippen MR) is 59.0 cm³/mol. The molecule has 0 saturated carbocycles. The van der Waals surface area contributed by atoms with Crippen LogP contribution in [0.5, 0.6) is 5.88 Å². The SMILES string of the molecule is CC(F)COc1cc(C(C)(C)C)ccn1. The summed E-state index contributed by atoms with van der Waals surface area (Å²) in [7, 11) is 0. The minimum atomic E-state index is -0.968. The second kappa shape index (κ2) is 4.60. The highest BCUT2D eigenvalue weighted by Crippen LogP contribution is 2.24. The summed E-state index contributed by atoms with van der Waals surface area (Å²) in [4.78, 5) is 4.04. The zero-order chi connectivity index (χ0) is 11.5. The molecule has 0 radical (unpaired) electrons. The molecule has 0 aliphatic rings. The average molecular weight is 211 g/mol. The number of hydrogen-bond donors (Lipinski definition) is 0. The van der Waals surface area contributed by atoms with Gasteiger partial charge >= 0.3 is 0 Å². The first-order valence-corrected chi connectivity index (χ1v) is 5.13. The Morgan fingerprint density at radius 1 is 1.47 bits per heavy atom. The standard InChI is InChI=1S/C12H18FNO/c1-9(13)8-15-11-7-10(5-6-14-11)12(2,3)4/h5-7,9H,8H2,1-4H3. The van der Waals surface area contributed by atoms with Crippen molar-refractivity contribution in [2.45, 2.75) is 39.3 Å². The highest BCUT2D eigenvalue weighted by molar-refractivity contribution is 5.26. The maximum absolute atomic E-state index is 12.6. The molecule has 1 rings (SSSR count). The third kappa shape index (κ3) is 3.86. The van der Waals surface area contributed by atoms with Gasteiger partial charge < -0.3 is 4.74 Å². The predicted octanol–water partition coefficient (Wildman–Crippen LogP) is 3.12. The first-order valence-electron chi connectivity index (χ1n) is 5.13. The van der Waals surface area contributed by atoms with E-state index in [4.69, 9.17) is 4.74 Å². The van der Waals surface area contributed by atoms with Crippen molar-refractivity contribution in [3.63, 3.8) is 0 Å². The Bertz CT molecular complexity index is 318. The summed E-state index contributed by atoms with van der Waals surface area (Å²) < 4.78 is 17.8. The van der Waals surface area contributed by atoms with Crippen LogP contribution >= 0.6 is 0 Å². The van der Waals surface area contributed by atoms with E-state index in [1.165, 1.54) is 6.92 Å². The third-order valence-electron chi connectivity index (χ3n) is 2.06. The Morgan fingerprint density at radius 2 is 2.13 bits per heavy atom. The summed E-state index contributed by atoms with van der Waals surface area (Å²) in [6, 6.07) is 3.81. The largest absolute Gasteiger partial charge is 0.475 e. The van der Waals surface area contributed by atoms with E-state index in [0.717, 1.165) is 5.56 Å². The van der Waals surface area contributed by atoms with Crippen molar-refractivity contribution in [1.82, 2.24) is 4.98 Å². The van der Waals surface area contributed by atoms with E-state index >= 15 is 0 Å². The van der Waals surface area contributed by atoms with E-state index < -0.39 is 6.17 Å². The van der Waals surface area contributed by atoms with Crippen LogP contribution in [0.15, 0.2) is 18.3 Å². The summed E-state index contributed by atoms with van der Waals surface area (Å²) in [6.45, 7) is 7.87. The fraction of sp³-hybridized carbons (Fsp3) is 0.583. The lowest BCUT2D eigenvalue weighted by Gasteiger charge is -2.19. The average Bonchev–Trinajstić information content (AvgIpc) is 2.14. The molecule has 0 N–H and O–H groups in total. The molecule has 0 spiro atoms. The van der Waals surface area contributed by atoms with E-state index in [9.17, 15) is 4.39 Å². The molecule has 0 aliphatic heterocycles. The molecule has 1 aromatic rings. The molecule has 3 heteroatoms. The molecule has 0 fully saturated rings. The fourth-order valence-electron chi connectivity index (χ4n) is 1.16. The van der Waals surface area contributed by atoms with Crippen molar-refractivity contribution in [3.8, 4) is 5.88 Å². The number of rotatable bonds is 3. The lowest BCUT2D eigenvalue weighted by Crippen LogP contribution is -2.13. The van der Waals surface area contributed by atoms with Gasteiger partial charge in [-0.15, -0.1) is 0 Å². The Labute approximate surface area is 90.5 Å². The van der Waals surface area contributed by atoms with Crippen LogP contribution in [0, 0.1) is 0 Å². The molecule has 0 aliphatic carbocycles. The van der Waals surface area contributed by atoms with Crippen LogP contribution in [0.1, 0.15) is 33.3 Å². The van der Waals surface area contributed by atoms with Crippen molar-refractivity contribution < 1.29 is 9.13 Å². The topological polar surface area (TPSA) is 22.1 Å². The highest BCUT2D eigenvalue weighted by Gasteiger charge is 2.14. The van der Waals surface area contributed by atoms with Crippen LogP contribution in [-0.2, 0) is 5.41 Å². The van der Waals surface area contributed by atoms with Crippen molar-refractivity contribution in [3.05, 3.63) is 23.9 Å². The monoisotopic (exact) mass is 211 g/mol. The molecule has 0 saturated heterocycles. The van der Waals surface area contributed by atoms with E-state index in [1.54, 1.807) is 6.20 Å². The zero-order valence-electron chi connectivity index (χ0n) is 9.75. The van der Waals surface area contributed by atoms with E-state index in [1.807, 2.05) is 12.1 Å². The second-order valence-corrected chi connectivity index (χ2v) is 4.72. The van der Waals surface area contributed by atoms with Gasteiger partial charge in [-0.05, 0) is 24.0 Å². The van der Waals surface area contributed by atoms with Gasteiger partial charge in [0.1, 0.15) is 12.8 Å². The van der Waals surface area contributed by atoms with Crippen molar-refractivity contribution in [1.29, 1.82) is 0 Å². The van der Waals surface area contributed by atoms with Crippen LogP contribution in [-0.4, -0.2) is 17.8 Å². The molecule has 2 nitrogen and oxygen atoms in total. The normalized spacial score (nSPS) is 13.7. The number of halogens is 1. The van der Waals surface area contributed by atoms with Gasteiger partial charge in [-0.2, -0.15) is 0 Å². The van der Waals surface area contributed by atoms with Gasteiger partial charge in [0.15, 0.2) is 0 Å². The van der Waals surface area contributed by atoms with Gasteiger partial charge in [0.25, 0.3) is 0 Å². The van der Waals surface area contributed by atoms with Crippen LogP contribution in [0.25, 0.3) is 0 Å². The quantitative estimate of drug-likeness (QED) is 0.766. The molecule has 0 amide bonds. The Kier molecular flexibility index (Phi) is 3.66. The van der Waals surface area contributed by atoms with Gasteiger partial charge in [0.05, 0.1) is 0 Å². The number of alkyl halides is 1. The maximum Gasteiger partial charge on any atom is 0.213 e. The minimum absolute atomic E-state index is 0.0561. The summed E-state index contributed by atoms with van der Waals surface area (Å²) >= 11 is 0. The summed E-state index contributed by atoms with van der Waals surface area (Å²) in [5.74, 6) is 0.493. The van der Waals surface area contributed by atoms with E-state index in [2.05, 4.69) is 25.8 Å². The number of hydrogen-bond acceptors (Lipinski definition) is 2.